The first-order chi connectivity index (χ1) is 7.90. The largest absolute Gasteiger partial charge is 0.329 e. The molecule has 2 heteroatoms. The number of nitrogens with two attached hydrogens (primary N) is 1. The molecule has 0 aromatic rings. The monoisotopic (exact) mass is 222 g/mol. The van der Waals surface area contributed by atoms with Gasteiger partial charge in [-0.1, -0.05) is 12.8 Å². The Morgan fingerprint density at radius 1 is 1.00 bits per heavy atom. The van der Waals surface area contributed by atoms with Crippen molar-refractivity contribution in [3.63, 3.8) is 0 Å². The Hall–Kier alpha value is -0.0800. The van der Waals surface area contributed by atoms with E-state index in [1.807, 2.05) is 0 Å². The number of fused-ring (bicyclic) bond motifs is 1. The van der Waals surface area contributed by atoms with Crippen LogP contribution in [0.15, 0.2) is 0 Å². The molecule has 2 saturated carbocycles. The van der Waals surface area contributed by atoms with E-state index >= 15 is 0 Å². The van der Waals surface area contributed by atoms with E-state index in [4.69, 9.17) is 5.73 Å². The van der Waals surface area contributed by atoms with Crippen LogP contribution in [0.25, 0.3) is 0 Å². The number of hydrogen-bond acceptors (Lipinski definition) is 2. The summed E-state index contributed by atoms with van der Waals surface area (Å²) >= 11 is 0. The first-order valence-corrected chi connectivity index (χ1v) is 7.36. The summed E-state index contributed by atoms with van der Waals surface area (Å²) in [6.07, 6.45) is 11.6. The lowest BCUT2D eigenvalue weighted by Gasteiger charge is -2.47. The first kappa shape index (κ1) is 11.0. The van der Waals surface area contributed by atoms with Gasteiger partial charge in [-0.3, -0.25) is 4.90 Å². The van der Waals surface area contributed by atoms with Crippen LogP contribution in [0.3, 0.4) is 0 Å². The molecule has 3 atom stereocenters. The summed E-state index contributed by atoms with van der Waals surface area (Å²) in [6, 6.07) is 1.63. The minimum atomic E-state index is 0.722. The maximum Gasteiger partial charge on any atom is 0.0249 e. The summed E-state index contributed by atoms with van der Waals surface area (Å²) in [5.41, 5.74) is 6.06. The molecule has 3 aliphatic rings. The zero-order chi connectivity index (χ0) is 11.0. The van der Waals surface area contributed by atoms with Crippen LogP contribution in [0, 0.1) is 11.8 Å². The molecule has 0 spiro atoms. The van der Waals surface area contributed by atoms with Gasteiger partial charge in [0, 0.05) is 18.6 Å². The van der Waals surface area contributed by atoms with Gasteiger partial charge in [-0.15, -0.1) is 0 Å². The number of hydrogen-bond donors (Lipinski definition) is 1. The SMILES string of the molecule is NCC(C1CCC1)N1CCCC2CCCC21. The summed E-state index contributed by atoms with van der Waals surface area (Å²) in [5.74, 6) is 1.95. The van der Waals surface area contributed by atoms with Crippen LogP contribution in [0.5, 0.6) is 0 Å². The van der Waals surface area contributed by atoms with Crippen LogP contribution in [0.2, 0.25) is 0 Å². The zero-order valence-electron chi connectivity index (χ0n) is 10.4. The number of piperidine rings is 1. The van der Waals surface area contributed by atoms with Gasteiger partial charge in [0.25, 0.3) is 0 Å². The molecule has 0 aromatic heterocycles. The van der Waals surface area contributed by atoms with Gasteiger partial charge in [-0.25, -0.2) is 0 Å². The van der Waals surface area contributed by atoms with Gasteiger partial charge in [0.2, 0.25) is 0 Å². The van der Waals surface area contributed by atoms with Gasteiger partial charge in [0.1, 0.15) is 0 Å². The molecule has 1 aliphatic heterocycles. The number of likely N-dealkylation sites (tertiary alicyclic amines) is 1. The molecule has 2 aliphatic carbocycles. The average molecular weight is 222 g/mol. The van der Waals surface area contributed by atoms with Crippen LogP contribution in [-0.2, 0) is 0 Å². The molecule has 0 aromatic carbocycles. The minimum absolute atomic E-state index is 0.722. The predicted octanol–water partition coefficient (Wildman–Crippen LogP) is 2.38. The van der Waals surface area contributed by atoms with Crippen LogP contribution >= 0.6 is 0 Å². The molecular weight excluding hydrogens is 196 g/mol. The van der Waals surface area contributed by atoms with Crippen LogP contribution in [0.1, 0.15) is 51.4 Å². The minimum Gasteiger partial charge on any atom is -0.329 e. The lowest BCUT2D eigenvalue weighted by Crippen LogP contribution is -2.55. The summed E-state index contributed by atoms with van der Waals surface area (Å²) < 4.78 is 0. The number of rotatable bonds is 3. The highest BCUT2D eigenvalue weighted by Gasteiger charge is 2.40. The van der Waals surface area contributed by atoms with Crippen molar-refractivity contribution in [1.82, 2.24) is 4.90 Å². The Balaban J connectivity index is 1.70. The van der Waals surface area contributed by atoms with Gasteiger partial charge in [-0.2, -0.15) is 0 Å². The topological polar surface area (TPSA) is 29.3 Å². The van der Waals surface area contributed by atoms with Crippen molar-refractivity contribution in [3.05, 3.63) is 0 Å². The molecular formula is C14H26N2. The highest BCUT2D eigenvalue weighted by atomic mass is 15.2. The van der Waals surface area contributed by atoms with Crippen molar-refractivity contribution in [2.45, 2.75) is 63.5 Å². The first-order valence-electron chi connectivity index (χ1n) is 7.36. The highest BCUT2D eigenvalue weighted by Crippen LogP contribution is 2.41. The Kier molecular flexibility index (Phi) is 3.21. The molecule has 1 heterocycles. The molecule has 3 unspecified atom stereocenters. The van der Waals surface area contributed by atoms with Gasteiger partial charge >= 0.3 is 0 Å². The third-order valence-corrected chi connectivity index (χ3v) is 5.40. The highest BCUT2D eigenvalue weighted by molar-refractivity contribution is 4.95. The van der Waals surface area contributed by atoms with Crippen molar-refractivity contribution in [2.75, 3.05) is 13.1 Å². The lowest BCUT2D eigenvalue weighted by molar-refractivity contribution is 0.0219. The van der Waals surface area contributed by atoms with Crippen molar-refractivity contribution < 1.29 is 0 Å². The molecule has 0 bridgehead atoms. The second kappa shape index (κ2) is 4.66. The maximum absolute atomic E-state index is 6.06. The standard InChI is InChI=1S/C14H26N2/c15-10-14(12-4-1-5-12)16-9-3-7-11-6-2-8-13(11)16/h11-14H,1-10,15H2. The third-order valence-electron chi connectivity index (χ3n) is 5.40. The smallest absolute Gasteiger partial charge is 0.0249 e. The summed E-state index contributed by atoms with van der Waals surface area (Å²) in [4.78, 5) is 2.82. The van der Waals surface area contributed by atoms with E-state index in [-0.39, 0.29) is 0 Å². The molecule has 16 heavy (non-hydrogen) atoms. The Morgan fingerprint density at radius 3 is 2.44 bits per heavy atom. The Labute approximate surface area is 99.6 Å². The van der Waals surface area contributed by atoms with Gasteiger partial charge in [0.05, 0.1) is 0 Å². The maximum atomic E-state index is 6.06. The summed E-state index contributed by atoms with van der Waals surface area (Å²) in [6.45, 7) is 2.23. The molecule has 92 valence electrons. The van der Waals surface area contributed by atoms with E-state index in [1.165, 1.54) is 57.9 Å². The third kappa shape index (κ3) is 1.80. The van der Waals surface area contributed by atoms with Gasteiger partial charge < -0.3 is 5.73 Å². The summed E-state index contributed by atoms with van der Waals surface area (Å²) in [7, 11) is 0. The van der Waals surface area contributed by atoms with Crippen molar-refractivity contribution in [3.8, 4) is 0 Å². The molecule has 0 amide bonds. The van der Waals surface area contributed by atoms with Crippen molar-refractivity contribution in [2.24, 2.45) is 17.6 Å². The van der Waals surface area contributed by atoms with E-state index in [1.54, 1.807) is 0 Å². The van der Waals surface area contributed by atoms with Gasteiger partial charge in [-0.05, 0) is 56.9 Å². The molecule has 1 saturated heterocycles. The van der Waals surface area contributed by atoms with Crippen LogP contribution in [-0.4, -0.2) is 30.1 Å². The summed E-state index contributed by atoms with van der Waals surface area (Å²) in [5, 5.41) is 0. The van der Waals surface area contributed by atoms with E-state index in [2.05, 4.69) is 4.90 Å². The van der Waals surface area contributed by atoms with Crippen molar-refractivity contribution in [1.29, 1.82) is 0 Å². The fraction of sp³-hybridized carbons (Fsp3) is 1.00. The zero-order valence-corrected chi connectivity index (χ0v) is 10.4. The van der Waals surface area contributed by atoms with Crippen molar-refractivity contribution >= 4 is 0 Å². The Morgan fingerprint density at radius 2 is 1.75 bits per heavy atom. The second-order valence-corrected chi connectivity index (χ2v) is 6.13. The molecule has 0 radical (unpaired) electrons. The predicted molar refractivity (Wildman–Crippen MR) is 67.3 cm³/mol. The van der Waals surface area contributed by atoms with E-state index in [0.717, 1.165) is 30.5 Å². The van der Waals surface area contributed by atoms with E-state index in [9.17, 15) is 0 Å². The number of nitrogens with zero attached hydrogens (tertiary/aromatic N) is 1. The fourth-order valence-corrected chi connectivity index (χ4v) is 4.33. The van der Waals surface area contributed by atoms with Gasteiger partial charge in [0.15, 0.2) is 0 Å². The second-order valence-electron chi connectivity index (χ2n) is 6.13. The Bertz CT molecular complexity index is 237. The fourth-order valence-electron chi connectivity index (χ4n) is 4.33. The molecule has 2 N–H and O–H groups in total. The van der Waals surface area contributed by atoms with E-state index < -0.39 is 0 Å². The van der Waals surface area contributed by atoms with E-state index in [0.29, 0.717) is 0 Å². The molecule has 2 nitrogen and oxygen atoms in total. The quantitative estimate of drug-likeness (QED) is 0.794. The average Bonchev–Trinajstić information content (AvgIpc) is 2.70. The van der Waals surface area contributed by atoms with Crippen LogP contribution in [0.4, 0.5) is 0 Å². The molecule has 3 fully saturated rings. The normalized spacial score (nSPS) is 38.1. The molecule has 3 rings (SSSR count). The lowest BCUT2D eigenvalue weighted by atomic mass is 9.77. The van der Waals surface area contributed by atoms with Crippen LogP contribution < -0.4 is 5.73 Å².